The summed E-state index contributed by atoms with van der Waals surface area (Å²) >= 11 is 0. The molecule has 0 radical (unpaired) electrons. The summed E-state index contributed by atoms with van der Waals surface area (Å²) in [5, 5.41) is 9.81. The molecular weight excluding hydrogens is 262 g/mol. The molecular formula is C17H27N3O. The fourth-order valence-corrected chi connectivity index (χ4v) is 3.55. The van der Waals surface area contributed by atoms with Crippen molar-refractivity contribution in [2.24, 2.45) is 0 Å². The highest BCUT2D eigenvalue weighted by molar-refractivity contribution is 5.46. The smallest absolute Gasteiger partial charge is 0.0957 e. The average Bonchev–Trinajstić information content (AvgIpc) is 3.05. The van der Waals surface area contributed by atoms with Gasteiger partial charge >= 0.3 is 0 Å². The first kappa shape index (κ1) is 14.8. The van der Waals surface area contributed by atoms with Crippen molar-refractivity contribution in [3.63, 3.8) is 0 Å². The summed E-state index contributed by atoms with van der Waals surface area (Å²) in [5.74, 6) is 0. The zero-order valence-electron chi connectivity index (χ0n) is 13.0. The Bertz CT molecular complexity index is 442. The van der Waals surface area contributed by atoms with Crippen molar-refractivity contribution in [2.75, 3.05) is 31.1 Å². The van der Waals surface area contributed by atoms with Crippen LogP contribution in [-0.2, 0) is 0 Å². The van der Waals surface area contributed by atoms with Crippen LogP contribution in [0, 0.1) is 0 Å². The molecule has 3 heterocycles. The van der Waals surface area contributed by atoms with Gasteiger partial charge in [0.1, 0.15) is 0 Å². The van der Waals surface area contributed by atoms with Gasteiger partial charge in [0, 0.05) is 19.1 Å². The lowest BCUT2D eigenvalue weighted by atomic mass is 10.1. The fourth-order valence-electron chi connectivity index (χ4n) is 3.55. The molecule has 0 saturated carbocycles. The summed E-state index contributed by atoms with van der Waals surface area (Å²) in [6, 6.07) is 4.79. The Morgan fingerprint density at radius 2 is 2.05 bits per heavy atom. The predicted octanol–water partition coefficient (Wildman–Crippen LogP) is 2.59. The van der Waals surface area contributed by atoms with Crippen LogP contribution in [0.25, 0.3) is 0 Å². The number of aromatic nitrogens is 1. The third-order valence-corrected chi connectivity index (χ3v) is 4.93. The molecule has 3 rings (SSSR count). The van der Waals surface area contributed by atoms with Crippen molar-refractivity contribution in [1.29, 1.82) is 0 Å². The molecule has 1 unspecified atom stereocenters. The van der Waals surface area contributed by atoms with Crippen LogP contribution in [0.3, 0.4) is 0 Å². The van der Waals surface area contributed by atoms with E-state index in [4.69, 9.17) is 0 Å². The second-order valence-corrected chi connectivity index (χ2v) is 6.35. The van der Waals surface area contributed by atoms with E-state index in [1.807, 2.05) is 19.2 Å². The molecule has 0 bridgehead atoms. The van der Waals surface area contributed by atoms with Crippen LogP contribution in [-0.4, -0.2) is 47.2 Å². The summed E-state index contributed by atoms with van der Waals surface area (Å²) in [7, 11) is 0. The van der Waals surface area contributed by atoms with E-state index in [2.05, 4.69) is 20.9 Å². The first-order valence-corrected chi connectivity index (χ1v) is 8.41. The standard InChI is InChI=1S/C17H27N3O/c1-2-17(21)16-7-6-14(12-18-16)20-11-8-15(13-20)19-9-4-3-5-10-19/h6-7,12,15,17,21H,2-5,8-11,13H2,1H3/t15?,17-/m0/s1. The van der Waals surface area contributed by atoms with Gasteiger partial charge in [0.25, 0.3) is 0 Å². The van der Waals surface area contributed by atoms with Crippen molar-refractivity contribution < 1.29 is 5.11 Å². The van der Waals surface area contributed by atoms with E-state index >= 15 is 0 Å². The molecule has 2 atom stereocenters. The quantitative estimate of drug-likeness (QED) is 0.925. The highest BCUT2D eigenvalue weighted by Crippen LogP contribution is 2.25. The number of hydrogen-bond donors (Lipinski definition) is 1. The number of aliphatic hydroxyl groups excluding tert-OH is 1. The molecule has 4 nitrogen and oxygen atoms in total. The Balaban J connectivity index is 1.60. The minimum Gasteiger partial charge on any atom is -0.387 e. The molecule has 2 aliphatic heterocycles. The van der Waals surface area contributed by atoms with E-state index in [1.54, 1.807) is 0 Å². The Morgan fingerprint density at radius 1 is 1.24 bits per heavy atom. The van der Waals surface area contributed by atoms with Gasteiger partial charge in [-0.3, -0.25) is 9.88 Å². The van der Waals surface area contributed by atoms with E-state index in [9.17, 15) is 5.11 Å². The number of hydrogen-bond acceptors (Lipinski definition) is 4. The van der Waals surface area contributed by atoms with E-state index < -0.39 is 6.10 Å². The second kappa shape index (κ2) is 6.75. The maximum Gasteiger partial charge on any atom is 0.0957 e. The van der Waals surface area contributed by atoms with Crippen LogP contribution in [0.15, 0.2) is 18.3 Å². The minimum absolute atomic E-state index is 0.432. The maximum atomic E-state index is 9.81. The molecule has 0 spiro atoms. The van der Waals surface area contributed by atoms with E-state index in [-0.39, 0.29) is 0 Å². The molecule has 116 valence electrons. The van der Waals surface area contributed by atoms with Crippen molar-refractivity contribution in [3.05, 3.63) is 24.0 Å². The number of likely N-dealkylation sites (tertiary alicyclic amines) is 1. The first-order chi connectivity index (χ1) is 10.3. The molecule has 2 fully saturated rings. The molecule has 0 amide bonds. The van der Waals surface area contributed by atoms with E-state index in [0.29, 0.717) is 12.5 Å². The van der Waals surface area contributed by atoms with Gasteiger partial charge in [-0.15, -0.1) is 0 Å². The summed E-state index contributed by atoms with van der Waals surface area (Å²) < 4.78 is 0. The highest BCUT2D eigenvalue weighted by atomic mass is 16.3. The van der Waals surface area contributed by atoms with E-state index in [1.165, 1.54) is 44.5 Å². The van der Waals surface area contributed by atoms with Gasteiger partial charge in [-0.2, -0.15) is 0 Å². The number of nitrogens with zero attached hydrogens (tertiary/aromatic N) is 3. The number of anilines is 1. The van der Waals surface area contributed by atoms with Gasteiger partial charge in [0.05, 0.1) is 23.7 Å². The lowest BCUT2D eigenvalue weighted by Gasteiger charge is -2.32. The maximum absolute atomic E-state index is 9.81. The van der Waals surface area contributed by atoms with Crippen molar-refractivity contribution in [1.82, 2.24) is 9.88 Å². The second-order valence-electron chi connectivity index (χ2n) is 6.35. The van der Waals surface area contributed by atoms with Crippen LogP contribution in [0.1, 0.15) is 50.8 Å². The fraction of sp³-hybridized carbons (Fsp3) is 0.706. The molecule has 4 heteroatoms. The molecule has 0 aromatic carbocycles. The SMILES string of the molecule is CC[C@H](O)c1ccc(N2CCC(N3CCCCC3)C2)cn1. The van der Waals surface area contributed by atoms with Gasteiger partial charge in [-0.1, -0.05) is 13.3 Å². The van der Waals surface area contributed by atoms with Crippen LogP contribution in [0.2, 0.25) is 0 Å². The topological polar surface area (TPSA) is 39.6 Å². The van der Waals surface area contributed by atoms with Gasteiger partial charge in [0.15, 0.2) is 0 Å². The zero-order chi connectivity index (χ0) is 14.7. The zero-order valence-corrected chi connectivity index (χ0v) is 13.0. The van der Waals surface area contributed by atoms with Crippen molar-refractivity contribution >= 4 is 5.69 Å². The van der Waals surface area contributed by atoms with Crippen LogP contribution < -0.4 is 4.90 Å². The average molecular weight is 289 g/mol. The minimum atomic E-state index is -0.432. The third kappa shape index (κ3) is 3.38. The Morgan fingerprint density at radius 3 is 2.71 bits per heavy atom. The molecule has 2 saturated heterocycles. The van der Waals surface area contributed by atoms with Gasteiger partial charge < -0.3 is 10.0 Å². The summed E-state index contributed by atoms with van der Waals surface area (Å²) in [5.41, 5.74) is 1.98. The number of rotatable bonds is 4. The van der Waals surface area contributed by atoms with Crippen molar-refractivity contribution in [2.45, 2.75) is 51.2 Å². The first-order valence-electron chi connectivity index (χ1n) is 8.41. The van der Waals surface area contributed by atoms with Gasteiger partial charge in [-0.25, -0.2) is 0 Å². The summed E-state index contributed by atoms with van der Waals surface area (Å²) in [6.07, 6.45) is 7.60. The number of piperidine rings is 1. The monoisotopic (exact) mass is 289 g/mol. The normalized spacial score (nSPS) is 25.2. The third-order valence-electron chi connectivity index (χ3n) is 4.93. The van der Waals surface area contributed by atoms with Crippen LogP contribution in [0.4, 0.5) is 5.69 Å². The van der Waals surface area contributed by atoms with Crippen LogP contribution >= 0.6 is 0 Å². The lowest BCUT2D eigenvalue weighted by molar-refractivity contribution is 0.169. The summed E-state index contributed by atoms with van der Waals surface area (Å²) in [4.78, 5) is 9.54. The molecule has 1 aromatic heterocycles. The number of pyridine rings is 1. The van der Waals surface area contributed by atoms with Crippen LogP contribution in [0.5, 0.6) is 0 Å². The Labute approximate surface area is 127 Å². The van der Waals surface area contributed by atoms with Gasteiger partial charge in [0.2, 0.25) is 0 Å². The molecule has 21 heavy (non-hydrogen) atoms. The van der Waals surface area contributed by atoms with Crippen molar-refractivity contribution in [3.8, 4) is 0 Å². The Kier molecular flexibility index (Phi) is 4.76. The number of aliphatic hydroxyl groups is 1. The molecule has 1 aromatic rings. The van der Waals surface area contributed by atoms with E-state index in [0.717, 1.165) is 18.8 Å². The van der Waals surface area contributed by atoms with Gasteiger partial charge in [-0.05, 0) is 50.9 Å². The Hall–Kier alpha value is -1.13. The molecule has 2 aliphatic rings. The highest BCUT2D eigenvalue weighted by Gasteiger charge is 2.28. The molecule has 1 N–H and O–H groups in total. The predicted molar refractivity (Wildman–Crippen MR) is 85.5 cm³/mol. The largest absolute Gasteiger partial charge is 0.387 e. The summed E-state index contributed by atoms with van der Waals surface area (Å²) in [6.45, 7) is 6.77. The molecule has 0 aliphatic carbocycles. The lowest BCUT2D eigenvalue weighted by Crippen LogP contribution is -2.40.